The van der Waals surface area contributed by atoms with Gasteiger partial charge < -0.3 is 15.4 Å². The van der Waals surface area contributed by atoms with Crippen LogP contribution in [-0.4, -0.2) is 38.1 Å². The Kier molecular flexibility index (Phi) is 6.76. The molecule has 0 saturated heterocycles. The van der Waals surface area contributed by atoms with Crippen LogP contribution in [0.1, 0.15) is 19.4 Å². The summed E-state index contributed by atoms with van der Waals surface area (Å²) in [5.41, 5.74) is 2.01. The van der Waals surface area contributed by atoms with Gasteiger partial charge in [-0.25, -0.2) is 23.0 Å². The first-order valence-corrected chi connectivity index (χ1v) is 11.7. The van der Waals surface area contributed by atoms with E-state index in [4.69, 9.17) is 4.74 Å². The van der Waals surface area contributed by atoms with Gasteiger partial charge in [0, 0.05) is 5.69 Å². The zero-order valence-electron chi connectivity index (χ0n) is 17.1. The van der Waals surface area contributed by atoms with Crippen molar-refractivity contribution < 1.29 is 22.7 Å². The molecule has 11 heteroatoms. The third-order valence-corrected chi connectivity index (χ3v) is 6.60. The van der Waals surface area contributed by atoms with E-state index in [0.29, 0.717) is 15.9 Å². The highest BCUT2D eigenvalue weighted by atomic mass is 32.2. The Morgan fingerprint density at radius 3 is 2.55 bits per heavy atom. The van der Waals surface area contributed by atoms with Gasteiger partial charge in [0.1, 0.15) is 6.04 Å². The average Bonchev–Trinajstić information content (AvgIpc) is 3.09. The lowest BCUT2D eigenvalue weighted by Crippen LogP contribution is -2.41. The second-order valence-corrected chi connectivity index (χ2v) is 9.41. The molecular weight excluding hydrogens is 440 g/mol. The van der Waals surface area contributed by atoms with Crippen molar-refractivity contribution in [2.45, 2.75) is 31.7 Å². The molecule has 0 spiro atoms. The summed E-state index contributed by atoms with van der Waals surface area (Å²) >= 11 is 1.14. The molecule has 0 bridgehead atoms. The number of benzene rings is 2. The Morgan fingerprint density at radius 1 is 1.16 bits per heavy atom. The summed E-state index contributed by atoms with van der Waals surface area (Å²) < 4.78 is 33.1. The summed E-state index contributed by atoms with van der Waals surface area (Å²) in [5.74, 6) is -0.527. The van der Waals surface area contributed by atoms with Crippen LogP contribution in [0.25, 0.3) is 10.2 Å². The minimum Gasteiger partial charge on any atom is -0.464 e. The van der Waals surface area contributed by atoms with Crippen molar-refractivity contribution in [2.75, 3.05) is 16.6 Å². The van der Waals surface area contributed by atoms with Gasteiger partial charge in [-0.1, -0.05) is 29.0 Å². The number of carbonyl (C=O) groups is 2. The number of ether oxygens (including phenoxy) is 1. The van der Waals surface area contributed by atoms with E-state index in [1.54, 1.807) is 37.3 Å². The van der Waals surface area contributed by atoms with Crippen LogP contribution in [0.15, 0.2) is 47.4 Å². The summed E-state index contributed by atoms with van der Waals surface area (Å²) in [6, 6.07) is 10.1. The summed E-state index contributed by atoms with van der Waals surface area (Å²) in [6.45, 7) is 5.31. The van der Waals surface area contributed by atoms with Crippen LogP contribution in [0.4, 0.5) is 15.6 Å². The molecule has 0 radical (unpaired) electrons. The van der Waals surface area contributed by atoms with Gasteiger partial charge in [0.25, 0.3) is 10.0 Å². The number of anilines is 2. The molecule has 2 amide bonds. The Hall–Kier alpha value is -3.18. The first-order valence-electron chi connectivity index (χ1n) is 9.42. The smallest absolute Gasteiger partial charge is 0.328 e. The standard InChI is InChI=1S/C20H22N4O5S2/c1-4-29-18(25)13(3)21-19(26)22-14-7-10-16-17(11-14)30-20(23-16)24-31(27,28)15-8-5-12(2)6-9-15/h5-11,13H,4H2,1-3H3,(H,23,24)(H2,21,22,26)/t13-/m0/s1. The highest BCUT2D eigenvalue weighted by molar-refractivity contribution is 7.93. The van der Waals surface area contributed by atoms with Gasteiger partial charge in [-0.2, -0.15) is 0 Å². The molecule has 0 unspecified atom stereocenters. The minimum atomic E-state index is -3.76. The van der Waals surface area contributed by atoms with Crippen molar-refractivity contribution in [3.63, 3.8) is 0 Å². The van der Waals surface area contributed by atoms with Crippen molar-refractivity contribution >= 4 is 54.4 Å². The fourth-order valence-corrected chi connectivity index (χ4v) is 4.77. The molecular formula is C20H22N4O5S2. The van der Waals surface area contributed by atoms with Crippen molar-refractivity contribution in [1.29, 1.82) is 0 Å². The third-order valence-electron chi connectivity index (χ3n) is 4.19. The van der Waals surface area contributed by atoms with E-state index in [2.05, 4.69) is 20.3 Å². The molecule has 1 heterocycles. The lowest BCUT2D eigenvalue weighted by molar-refractivity contribution is -0.144. The number of nitrogens with one attached hydrogen (secondary N) is 3. The van der Waals surface area contributed by atoms with E-state index in [9.17, 15) is 18.0 Å². The maximum Gasteiger partial charge on any atom is 0.328 e. The van der Waals surface area contributed by atoms with Crippen LogP contribution in [0, 0.1) is 6.92 Å². The van der Waals surface area contributed by atoms with Crippen LogP contribution in [0.3, 0.4) is 0 Å². The SMILES string of the molecule is CCOC(=O)[C@H](C)NC(=O)Nc1ccc2nc(NS(=O)(=O)c3ccc(C)cc3)sc2c1. The lowest BCUT2D eigenvalue weighted by Gasteiger charge is -2.13. The van der Waals surface area contributed by atoms with E-state index in [1.807, 2.05) is 6.92 Å². The van der Waals surface area contributed by atoms with E-state index in [1.165, 1.54) is 19.1 Å². The predicted molar refractivity (Wildman–Crippen MR) is 120 cm³/mol. The van der Waals surface area contributed by atoms with Crippen LogP contribution in [-0.2, 0) is 19.6 Å². The van der Waals surface area contributed by atoms with E-state index in [-0.39, 0.29) is 16.6 Å². The van der Waals surface area contributed by atoms with E-state index in [0.717, 1.165) is 16.9 Å². The van der Waals surface area contributed by atoms with Gasteiger partial charge in [-0.15, -0.1) is 0 Å². The molecule has 9 nitrogen and oxygen atoms in total. The molecule has 31 heavy (non-hydrogen) atoms. The van der Waals surface area contributed by atoms with Gasteiger partial charge in [0.05, 0.1) is 21.7 Å². The van der Waals surface area contributed by atoms with Crippen LogP contribution in [0.5, 0.6) is 0 Å². The number of aromatic nitrogens is 1. The number of thiazole rings is 1. The summed E-state index contributed by atoms with van der Waals surface area (Å²) in [7, 11) is -3.76. The fraction of sp³-hybridized carbons (Fsp3) is 0.250. The zero-order valence-corrected chi connectivity index (χ0v) is 18.8. The minimum absolute atomic E-state index is 0.145. The predicted octanol–water partition coefficient (Wildman–Crippen LogP) is 3.48. The van der Waals surface area contributed by atoms with Gasteiger partial charge in [-0.3, -0.25) is 4.72 Å². The molecule has 1 aromatic heterocycles. The topological polar surface area (TPSA) is 126 Å². The highest BCUT2D eigenvalue weighted by Gasteiger charge is 2.18. The highest BCUT2D eigenvalue weighted by Crippen LogP contribution is 2.30. The maximum absolute atomic E-state index is 12.6. The average molecular weight is 463 g/mol. The van der Waals surface area contributed by atoms with Gasteiger partial charge in [-0.05, 0) is 51.1 Å². The number of nitrogens with zero attached hydrogens (tertiary/aromatic N) is 1. The molecule has 3 aromatic rings. The van der Waals surface area contributed by atoms with E-state index >= 15 is 0 Å². The van der Waals surface area contributed by atoms with Gasteiger partial charge in [0.2, 0.25) is 0 Å². The number of aryl methyl sites for hydroxylation is 1. The molecule has 2 aromatic carbocycles. The Balaban J connectivity index is 1.70. The van der Waals surface area contributed by atoms with E-state index < -0.39 is 28.1 Å². The molecule has 0 saturated carbocycles. The van der Waals surface area contributed by atoms with Crippen molar-refractivity contribution in [1.82, 2.24) is 10.3 Å². The Labute approximate surface area is 183 Å². The number of esters is 1. The molecule has 3 rings (SSSR count). The number of carbonyl (C=O) groups excluding carboxylic acids is 2. The molecule has 3 N–H and O–H groups in total. The number of amides is 2. The molecule has 0 aliphatic carbocycles. The second-order valence-electron chi connectivity index (χ2n) is 6.69. The molecule has 164 valence electrons. The number of urea groups is 1. The number of fused-ring (bicyclic) bond motifs is 1. The monoisotopic (exact) mass is 462 g/mol. The van der Waals surface area contributed by atoms with Crippen LogP contribution >= 0.6 is 11.3 Å². The summed E-state index contributed by atoms with van der Waals surface area (Å²) in [5, 5.41) is 5.34. The zero-order chi connectivity index (χ0) is 22.6. The Morgan fingerprint density at radius 2 is 1.87 bits per heavy atom. The first kappa shape index (κ1) is 22.5. The number of sulfonamides is 1. The summed E-state index contributed by atoms with van der Waals surface area (Å²) in [4.78, 5) is 28.2. The second kappa shape index (κ2) is 9.31. The van der Waals surface area contributed by atoms with Crippen LogP contribution < -0.4 is 15.4 Å². The first-order chi connectivity index (χ1) is 14.7. The number of rotatable bonds is 7. The Bertz CT molecular complexity index is 1210. The molecule has 0 fully saturated rings. The lowest BCUT2D eigenvalue weighted by atomic mass is 10.2. The number of hydrogen-bond acceptors (Lipinski definition) is 7. The fourth-order valence-electron chi connectivity index (χ4n) is 2.63. The van der Waals surface area contributed by atoms with Crippen molar-refractivity contribution in [2.24, 2.45) is 0 Å². The van der Waals surface area contributed by atoms with Crippen LogP contribution in [0.2, 0.25) is 0 Å². The molecule has 0 aliphatic heterocycles. The molecule has 0 aliphatic rings. The van der Waals surface area contributed by atoms with Crippen molar-refractivity contribution in [3.8, 4) is 0 Å². The van der Waals surface area contributed by atoms with Gasteiger partial charge >= 0.3 is 12.0 Å². The quantitative estimate of drug-likeness (QED) is 0.462. The number of hydrogen-bond donors (Lipinski definition) is 3. The largest absolute Gasteiger partial charge is 0.464 e. The summed E-state index contributed by atoms with van der Waals surface area (Å²) in [6.07, 6.45) is 0. The maximum atomic E-state index is 12.6. The molecule has 1 atom stereocenters. The normalized spacial score (nSPS) is 12.2. The van der Waals surface area contributed by atoms with Gasteiger partial charge in [0.15, 0.2) is 5.13 Å². The van der Waals surface area contributed by atoms with Crippen molar-refractivity contribution in [3.05, 3.63) is 48.0 Å². The third kappa shape index (κ3) is 5.70.